The number of aromatic nitrogens is 1. The number of ether oxygens (including phenoxy) is 1. The van der Waals surface area contributed by atoms with Gasteiger partial charge >= 0.3 is 6.03 Å². The molecular weight excluding hydrogens is 528 g/mol. The number of urea groups is 1. The van der Waals surface area contributed by atoms with E-state index < -0.39 is 0 Å². The van der Waals surface area contributed by atoms with Crippen molar-refractivity contribution in [2.75, 3.05) is 30.4 Å². The second-order valence-corrected chi connectivity index (χ2v) is 11.3. The lowest BCUT2D eigenvalue weighted by atomic mass is 10.0. The Morgan fingerprint density at radius 3 is 2.80 bits per heavy atom. The van der Waals surface area contributed by atoms with Gasteiger partial charge in [-0.2, -0.15) is 5.26 Å². The molecule has 6 rings (SSSR count). The first kappa shape index (κ1) is 25.8. The van der Waals surface area contributed by atoms with Crippen molar-refractivity contribution in [2.24, 2.45) is 5.92 Å². The number of hydrogen-bond acceptors (Lipinski definition) is 7. The molecule has 4 amide bonds. The van der Waals surface area contributed by atoms with Crippen LogP contribution < -0.4 is 20.3 Å². The minimum Gasteiger partial charge on any atom is -0.497 e. The molecule has 3 aliphatic rings. The SMILES string of the molecule is COc1ccc(N2C(=O)Nc3c(C(=O)N[C@@H]4CCCN(C(=O)/C(C#N)=C\C5CC5)C4)sc4nccc2c34)c(C)c1. The molecule has 3 aromatic rings. The van der Waals surface area contributed by atoms with Gasteiger partial charge in [0.1, 0.15) is 27.1 Å². The number of likely N-dealkylation sites (tertiary alicyclic amines) is 1. The topological polar surface area (TPSA) is 128 Å². The van der Waals surface area contributed by atoms with Crippen molar-refractivity contribution in [3.8, 4) is 11.8 Å². The van der Waals surface area contributed by atoms with Gasteiger partial charge < -0.3 is 20.3 Å². The smallest absolute Gasteiger partial charge is 0.331 e. The highest BCUT2D eigenvalue weighted by Crippen LogP contribution is 2.46. The molecule has 1 saturated carbocycles. The standard InChI is InChI=1S/C29H28N6O4S/c1-16-12-20(39-2)7-8-21(16)35-22-9-10-31-27-23(22)24(33-29(35)38)25(40-27)26(36)32-19-4-3-11-34(15-19)28(37)18(14-30)13-17-5-6-17/h7-10,12-13,17,19H,3-6,11,15H2,1-2H3,(H,32,36)(H,33,38)/b18-13-/t19-/m1/s1. The van der Waals surface area contributed by atoms with Crippen LogP contribution in [-0.4, -0.2) is 54.0 Å². The fraction of sp³-hybridized carbons (Fsp3) is 0.345. The summed E-state index contributed by atoms with van der Waals surface area (Å²) in [5, 5.41) is 16.2. The van der Waals surface area contributed by atoms with Crippen molar-refractivity contribution in [1.82, 2.24) is 15.2 Å². The Labute approximate surface area is 235 Å². The molecule has 1 atom stereocenters. The maximum Gasteiger partial charge on any atom is 0.331 e. The molecule has 0 bridgehead atoms. The molecule has 40 heavy (non-hydrogen) atoms. The van der Waals surface area contributed by atoms with Crippen LogP contribution in [0.3, 0.4) is 0 Å². The summed E-state index contributed by atoms with van der Waals surface area (Å²) in [7, 11) is 1.59. The number of allylic oxidation sites excluding steroid dienone is 1. The molecule has 11 heteroatoms. The van der Waals surface area contributed by atoms with Crippen molar-refractivity contribution in [3.05, 3.63) is 52.6 Å². The number of methoxy groups -OCH3 is 1. The van der Waals surface area contributed by atoms with Crippen LogP contribution in [0.2, 0.25) is 0 Å². The molecular formula is C29H28N6O4S. The Kier molecular flexibility index (Phi) is 6.64. The Bertz CT molecular complexity index is 1620. The van der Waals surface area contributed by atoms with Gasteiger partial charge in [-0.3, -0.25) is 14.5 Å². The third-order valence-electron chi connectivity index (χ3n) is 7.52. The van der Waals surface area contributed by atoms with Crippen LogP contribution in [0.1, 0.15) is 40.9 Å². The van der Waals surface area contributed by atoms with Crippen molar-refractivity contribution in [2.45, 2.75) is 38.6 Å². The van der Waals surface area contributed by atoms with E-state index in [2.05, 4.69) is 15.6 Å². The molecule has 0 radical (unpaired) electrons. The maximum absolute atomic E-state index is 13.5. The number of pyridine rings is 1. The summed E-state index contributed by atoms with van der Waals surface area (Å²) in [6.07, 6.45) is 6.87. The molecule has 1 aromatic carbocycles. The summed E-state index contributed by atoms with van der Waals surface area (Å²) in [5.74, 6) is 0.411. The van der Waals surface area contributed by atoms with Crippen LogP contribution in [0.25, 0.3) is 10.2 Å². The number of nitrogens with one attached hydrogen (secondary N) is 2. The molecule has 4 heterocycles. The van der Waals surface area contributed by atoms with E-state index in [1.165, 1.54) is 11.3 Å². The normalized spacial score (nSPS) is 18.8. The second kappa shape index (κ2) is 10.3. The van der Waals surface area contributed by atoms with Crippen molar-refractivity contribution in [3.63, 3.8) is 0 Å². The first-order valence-corrected chi connectivity index (χ1v) is 14.1. The summed E-state index contributed by atoms with van der Waals surface area (Å²) in [4.78, 5) is 48.6. The van der Waals surface area contributed by atoms with Crippen LogP contribution in [0.5, 0.6) is 5.75 Å². The number of hydrogen-bond donors (Lipinski definition) is 2. The number of rotatable bonds is 6. The molecule has 0 spiro atoms. The molecule has 0 unspecified atom stereocenters. The number of carbonyl (C=O) groups is 3. The first-order chi connectivity index (χ1) is 19.4. The molecule has 1 saturated heterocycles. The van der Waals surface area contributed by atoms with Crippen LogP contribution in [0.4, 0.5) is 21.9 Å². The first-order valence-electron chi connectivity index (χ1n) is 13.3. The number of amides is 4. The maximum atomic E-state index is 13.5. The van der Waals surface area contributed by atoms with E-state index in [1.807, 2.05) is 25.1 Å². The third kappa shape index (κ3) is 4.64. The van der Waals surface area contributed by atoms with E-state index in [1.54, 1.807) is 41.3 Å². The van der Waals surface area contributed by atoms with Crippen LogP contribution in [0.15, 0.2) is 42.1 Å². The number of nitriles is 1. The van der Waals surface area contributed by atoms with Crippen molar-refractivity contribution in [1.29, 1.82) is 5.26 Å². The molecule has 2 fully saturated rings. The van der Waals surface area contributed by atoms with Gasteiger partial charge in [-0.15, -0.1) is 11.3 Å². The Hall–Kier alpha value is -4.43. The van der Waals surface area contributed by atoms with Crippen molar-refractivity contribution < 1.29 is 19.1 Å². The third-order valence-corrected chi connectivity index (χ3v) is 8.61. The van der Waals surface area contributed by atoms with Gasteiger partial charge in [0, 0.05) is 25.3 Å². The van der Waals surface area contributed by atoms with E-state index in [0.717, 1.165) is 24.8 Å². The van der Waals surface area contributed by atoms with E-state index in [9.17, 15) is 19.6 Å². The fourth-order valence-electron chi connectivity index (χ4n) is 5.35. The summed E-state index contributed by atoms with van der Waals surface area (Å²) < 4.78 is 5.31. The van der Waals surface area contributed by atoms with E-state index in [-0.39, 0.29) is 29.5 Å². The fourth-order valence-corrected chi connectivity index (χ4v) is 6.37. The average molecular weight is 557 g/mol. The number of benzene rings is 1. The lowest BCUT2D eigenvalue weighted by Crippen LogP contribution is -2.50. The zero-order chi connectivity index (χ0) is 28.0. The minimum absolute atomic E-state index is 0.182. The Balaban J connectivity index is 1.26. The van der Waals surface area contributed by atoms with Crippen molar-refractivity contribution >= 4 is 56.5 Å². The summed E-state index contributed by atoms with van der Waals surface area (Å²) in [6, 6.07) is 8.68. The number of thiophene rings is 1. The Morgan fingerprint density at radius 1 is 1.25 bits per heavy atom. The summed E-state index contributed by atoms with van der Waals surface area (Å²) in [6.45, 7) is 2.78. The molecule has 1 aliphatic carbocycles. The van der Waals surface area contributed by atoms with Crippen LogP contribution in [0, 0.1) is 24.2 Å². The predicted molar refractivity (Wildman–Crippen MR) is 152 cm³/mol. The van der Waals surface area contributed by atoms with Gasteiger partial charge in [0.05, 0.1) is 29.6 Å². The van der Waals surface area contributed by atoms with Gasteiger partial charge in [0.25, 0.3) is 11.8 Å². The largest absolute Gasteiger partial charge is 0.497 e. The van der Waals surface area contributed by atoms with Crippen LogP contribution in [-0.2, 0) is 4.79 Å². The van der Waals surface area contributed by atoms with E-state index in [4.69, 9.17) is 4.74 Å². The van der Waals surface area contributed by atoms with Gasteiger partial charge in [0.15, 0.2) is 0 Å². The zero-order valence-electron chi connectivity index (χ0n) is 22.2. The zero-order valence-corrected chi connectivity index (χ0v) is 23.0. The number of anilines is 3. The highest BCUT2D eigenvalue weighted by Gasteiger charge is 2.35. The van der Waals surface area contributed by atoms with Gasteiger partial charge in [0.2, 0.25) is 0 Å². The van der Waals surface area contributed by atoms with Gasteiger partial charge in [-0.1, -0.05) is 6.08 Å². The van der Waals surface area contributed by atoms with E-state index >= 15 is 0 Å². The number of piperidine rings is 1. The lowest BCUT2D eigenvalue weighted by Gasteiger charge is -2.33. The van der Waals surface area contributed by atoms with Gasteiger partial charge in [-0.05, 0) is 68.4 Å². The number of aryl methyl sites for hydroxylation is 1. The summed E-state index contributed by atoms with van der Waals surface area (Å²) in [5.41, 5.74) is 2.83. The van der Waals surface area contributed by atoms with Crippen LogP contribution >= 0.6 is 11.3 Å². The lowest BCUT2D eigenvalue weighted by molar-refractivity contribution is -0.128. The number of carbonyl (C=O) groups excluding carboxylic acids is 3. The molecule has 10 nitrogen and oxygen atoms in total. The van der Waals surface area contributed by atoms with E-state index in [0.29, 0.717) is 63.3 Å². The molecule has 2 N–H and O–H groups in total. The number of nitrogens with zero attached hydrogens (tertiary/aromatic N) is 4. The van der Waals surface area contributed by atoms with Gasteiger partial charge in [-0.25, -0.2) is 9.78 Å². The molecule has 2 aromatic heterocycles. The summed E-state index contributed by atoms with van der Waals surface area (Å²) >= 11 is 1.22. The quantitative estimate of drug-likeness (QED) is 0.329. The molecule has 204 valence electrons. The second-order valence-electron chi connectivity index (χ2n) is 10.3. The minimum atomic E-state index is -0.373. The predicted octanol–water partition coefficient (Wildman–Crippen LogP) is 4.88. The monoisotopic (exact) mass is 556 g/mol. The highest BCUT2D eigenvalue weighted by atomic mass is 32.1. The Morgan fingerprint density at radius 2 is 2.08 bits per heavy atom. The molecule has 2 aliphatic heterocycles. The highest BCUT2D eigenvalue weighted by molar-refractivity contribution is 7.21. The average Bonchev–Trinajstić information content (AvgIpc) is 3.71.